The van der Waals surface area contributed by atoms with Crippen molar-refractivity contribution in [2.75, 3.05) is 12.4 Å². The van der Waals surface area contributed by atoms with E-state index in [1.54, 1.807) is 18.2 Å². The Morgan fingerprint density at radius 3 is 2.82 bits per heavy atom. The number of carbonyl (C=O) groups is 1. The molecule has 1 aliphatic carbocycles. The van der Waals surface area contributed by atoms with Crippen LogP contribution >= 0.6 is 11.6 Å². The van der Waals surface area contributed by atoms with Crippen LogP contribution in [0, 0.1) is 23.0 Å². The molecule has 0 radical (unpaired) electrons. The maximum absolute atomic E-state index is 12.1. The minimum atomic E-state index is -0.465. The van der Waals surface area contributed by atoms with E-state index < -0.39 is 4.92 Å². The Hall–Kier alpha value is -2.86. The van der Waals surface area contributed by atoms with Gasteiger partial charge in [-0.15, -0.1) is 0 Å². The summed E-state index contributed by atoms with van der Waals surface area (Å²) in [6, 6.07) is 8.58. The molecule has 0 aromatic heterocycles. The van der Waals surface area contributed by atoms with Crippen LogP contribution in [-0.2, 0) is 4.74 Å². The summed E-state index contributed by atoms with van der Waals surface area (Å²) in [5.74, 6) is 0.0305. The van der Waals surface area contributed by atoms with Gasteiger partial charge in [-0.05, 0) is 48.1 Å². The van der Waals surface area contributed by atoms with Gasteiger partial charge in [0.05, 0.1) is 23.6 Å². The molecule has 0 fully saturated rings. The number of methoxy groups -OCH3 is 1. The maximum atomic E-state index is 12.1. The molecule has 2 aromatic rings. The third-order valence-corrected chi connectivity index (χ3v) is 6.05. The topological polar surface area (TPSA) is 81.5 Å². The van der Waals surface area contributed by atoms with Crippen molar-refractivity contribution in [3.63, 3.8) is 0 Å². The number of halogens is 1. The Morgan fingerprint density at radius 2 is 2.11 bits per heavy atom. The quantitative estimate of drug-likeness (QED) is 0.334. The van der Waals surface area contributed by atoms with E-state index in [-0.39, 0.29) is 34.6 Å². The first-order valence-electron chi connectivity index (χ1n) is 9.01. The number of benzene rings is 2. The Balaban J connectivity index is 1.82. The lowest BCUT2D eigenvalue weighted by molar-refractivity contribution is -0.384. The second-order valence-corrected chi connectivity index (χ2v) is 7.54. The van der Waals surface area contributed by atoms with E-state index >= 15 is 0 Å². The molecule has 0 amide bonds. The van der Waals surface area contributed by atoms with Crippen molar-refractivity contribution in [2.24, 2.45) is 5.92 Å². The number of anilines is 1. The summed E-state index contributed by atoms with van der Waals surface area (Å²) >= 11 is 5.99. The van der Waals surface area contributed by atoms with Crippen LogP contribution in [0.25, 0.3) is 0 Å². The third kappa shape index (κ3) is 2.85. The molecule has 2 aliphatic rings. The van der Waals surface area contributed by atoms with Gasteiger partial charge in [0.2, 0.25) is 0 Å². The zero-order chi connectivity index (χ0) is 20.0. The number of esters is 1. The second kappa shape index (κ2) is 6.95. The minimum absolute atomic E-state index is 0.102. The van der Waals surface area contributed by atoms with Crippen molar-refractivity contribution in [3.8, 4) is 0 Å². The molecule has 28 heavy (non-hydrogen) atoms. The Bertz CT molecular complexity index is 1020. The fraction of sp³-hybridized carbons (Fsp3) is 0.286. The number of nitro benzene ring substituents is 1. The number of nitrogens with one attached hydrogen (secondary N) is 1. The van der Waals surface area contributed by atoms with Crippen LogP contribution in [0.4, 0.5) is 11.4 Å². The van der Waals surface area contributed by atoms with Crippen molar-refractivity contribution in [3.05, 3.63) is 79.9 Å². The number of rotatable bonds is 3. The smallest absolute Gasteiger partial charge is 0.338 e. The molecule has 0 bridgehead atoms. The zero-order valence-corrected chi connectivity index (χ0v) is 16.2. The van der Waals surface area contributed by atoms with Crippen LogP contribution in [-0.4, -0.2) is 18.0 Å². The normalized spacial score (nSPS) is 22.2. The molecule has 1 aliphatic heterocycles. The molecule has 7 heteroatoms. The van der Waals surface area contributed by atoms with Gasteiger partial charge in [0.1, 0.15) is 5.02 Å². The predicted molar refractivity (Wildman–Crippen MR) is 107 cm³/mol. The van der Waals surface area contributed by atoms with Crippen LogP contribution in [0.5, 0.6) is 0 Å². The van der Waals surface area contributed by atoms with Gasteiger partial charge in [-0.1, -0.05) is 35.9 Å². The number of hydrogen-bond acceptors (Lipinski definition) is 5. The number of ether oxygens (including phenoxy) is 1. The van der Waals surface area contributed by atoms with Gasteiger partial charge in [0, 0.05) is 17.7 Å². The molecule has 1 N–H and O–H groups in total. The van der Waals surface area contributed by atoms with Crippen molar-refractivity contribution < 1.29 is 14.5 Å². The van der Waals surface area contributed by atoms with E-state index in [1.807, 2.05) is 19.1 Å². The van der Waals surface area contributed by atoms with E-state index in [9.17, 15) is 14.9 Å². The highest BCUT2D eigenvalue weighted by Gasteiger charge is 2.39. The minimum Gasteiger partial charge on any atom is -0.465 e. The molecule has 144 valence electrons. The summed E-state index contributed by atoms with van der Waals surface area (Å²) in [6.07, 6.45) is 5.20. The lowest BCUT2D eigenvalue weighted by Gasteiger charge is -2.38. The van der Waals surface area contributed by atoms with E-state index in [1.165, 1.54) is 7.11 Å². The molecule has 3 atom stereocenters. The Morgan fingerprint density at radius 1 is 1.32 bits per heavy atom. The summed E-state index contributed by atoms with van der Waals surface area (Å²) < 4.78 is 4.89. The molecule has 1 heterocycles. The third-order valence-electron chi connectivity index (χ3n) is 5.73. The first kappa shape index (κ1) is 18.5. The fourth-order valence-electron chi connectivity index (χ4n) is 4.34. The summed E-state index contributed by atoms with van der Waals surface area (Å²) in [5.41, 5.74) is 4.05. The fourth-order valence-corrected chi connectivity index (χ4v) is 4.53. The van der Waals surface area contributed by atoms with Gasteiger partial charge in [-0.25, -0.2) is 4.79 Å². The highest BCUT2D eigenvalue weighted by atomic mass is 35.5. The van der Waals surface area contributed by atoms with Crippen molar-refractivity contribution in [1.82, 2.24) is 0 Å². The van der Waals surface area contributed by atoms with Crippen LogP contribution < -0.4 is 5.32 Å². The average Bonchev–Trinajstić information content (AvgIpc) is 3.17. The standard InChI is InChI=1S/C21H19ClN2O4/c1-11-13(21(25)28-2)7-8-16-14-4-3-5-15(14)20(23-19(11)16)12-6-9-17(22)18(10-12)24(26)27/h3-4,6-10,14-15,20,23H,5H2,1-2H3/t14-,15-,20+/m0/s1. The van der Waals surface area contributed by atoms with E-state index in [0.717, 1.165) is 28.8 Å². The largest absolute Gasteiger partial charge is 0.465 e. The SMILES string of the molecule is COC(=O)c1ccc2c(c1C)N[C@H](c1ccc(Cl)c([N+](=O)[O-])c1)[C@H]1CC=C[C@H]21. The van der Waals surface area contributed by atoms with Crippen LogP contribution in [0.1, 0.15) is 45.4 Å². The van der Waals surface area contributed by atoms with Crippen LogP contribution in [0.15, 0.2) is 42.5 Å². The summed E-state index contributed by atoms with van der Waals surface area (Å²) in [6.45, 7) is 1.89. The number of carbonyl (C=O) groups excluding carboxylic acids is 1. The number of fused-ring (bicyclic) bond motifs is 3. The monoisotopic (exact) mass is 398 g/mol. The van der Waals surface area contributed by atoms with Crippen molar-refractivity contribution in [1.29, 1.82) is 0 Å². The van der Waals surface area contributed by atoms with Crippen molar-refractivity contribution >= 4 is 28.9 Å². The van der Waals surface area contributed by atoms with Gasteiger partial charge in [-0.3, -0.25) is 10.1 Å². The summed E-state index contributed by atoms with van der Waals surface area (Å²) in [4.78, 5) is 23.0. The second-order valence-electron chi connectivity index (χ2n) is 7.14. The first-order chi connectivity index (χ1) is 13.4. The highest BCUT2D eigenvalue weighted by Crippen LogP contribution is 2.51. The molecule has 0 saturated heterocycles. The summed E-state index contributed by atoms with van der Waals surface area (Å²) in [7, 11) is 1.36. The summed E-state index contributed by atoms with van der Waals surface area (Å²) in [5, 5.41) is 15.0. The molecule has 0 saturated carbocycles. The van der Waals surface area contributed by atoms with Crippen LogP contribution in [0.3, 0.4) is 0 Å². The van der Waals surface area contributed by atoms with Crippen molar-refractivity contribution in [2.45, 2.75) is 25.3 Å². The van der Waals surface area contributed by atoms with E-state index in [0.29, 0.717) is 5.56 Å². The number of hydrogen-bond donors (Lipinski definition) is 1. The predicted octanol–water partition coefficient (Wildman–Crippen LogP) is 5.17. The van der Waals surface area contributed by atoms with Gasteiger partial charge in [0.15, 0.2) is 0 Å². The van der Waals surface area contributed by atoms with Gasteiger partial charge in [0.25, 0.3) is 5.69 Å². The molecule has 0 spiro atoms. The number of nitro groups is 1. The lowest BCUT2D eigenvalue weighted by Crippen LogP contribution is -2.30. The first-order valence-corrected chi connectivity index (χ1v) is 9.39. The average molecular weight is 399 g/mol. The van der Waals surface area contributed by atoms with E-state index in [2.05, 4.69) is 17.5 Å². The lowest BCUT2D eigenvalue weighted by atomic mass is 9.76. The van der Waals surface area contributed by atoms with Gasteiger partial charge < -0.3 is 10.1 Å². The molecule has 4 rings (SSSR count). The molecule has 6 nitrogen and oxygen atoms in total. The van der Waals surface area contributed by atoms with E-state index in [4.69, 9.17) is 16.3 Å². The molecular formula is C21H19ClN2O4. The Kier molecular flexibility index (Phi) is 4.59. The van der Waals surface area contributed by atoms with Crippen LogP contribution in [0.2, 0.25) is 5.02 Å². The zero-order valence-electron chi connectivity index (χ0n) is 15.4. The molecule has 0 unspecified atom stereocenters. The highest BCUT2D eigenvalue weighted by molar-refractivity contribution is 6.32. The maximum Gasteiger partial charge on any atom is 0.338 e. The number of allylic oxidation sites excluding steroid dienone is 2. The van der Waals surface area contributed by atoms with Gasteiger partial charge in [-0.2, -0.15) is 0 Å². The Labute approximate surface area is 167 Å². The molecule has 2 aromatic carbocycles. The molecular weight excluding hydrogens is 380 g/mol. The van der Waals surface area contributed by atoms with Gasteiger partial charge >= 0.3 is 5.97 Å². The number of nitrogens with zero attached hydrogens (tertiary/aromatic N) is 1.